The first-order valence-electron chi connectivity index (χ1n) is 11.1. The lowest BCUT2D eigenvalue weighted by Gasteiger charge is -1.97. The van der Waals surface area contributed by atoms with Gasteiger partial charge >= 0.3 is 18.3 Å². The lowest BCUT2D eigenvalue weighted by Crippen LogP contribution is -2.15. The number of rotatable bonds is 4. The number of amides is 1. The molecule has 17 heteroatoms. The number of methoxy groups -OCH3 is 1. The largest absolute Gasteiger partial charge is 0.481 e. The number of aromatic nitrogens is 1. The van der Waals surface area contributed by atoms with Gasteiger partial charge in [0.2, 0.25) is 11.8 Å². The van der Waals surface area contributed by atoms with Crippen LogP contribution in [0.3, 0.4) is 0 Å². The van der Waals surface area contributed by atoms with Crippen LogP contribution in [0.25, 0.3) is 6.08 Å². The third-order valence-corrected chi connectivity index (χ3v) is 6.58. The second-order valence-corrected chi connectivity index (χ2v) is 9.81. The number of esters is 1. The third kappa shape index (κ3) is 13.4. The van der Waals surface area contributed by atoms with E-state index in [-0.39, 0.29) is 45.2 Å². The fourth-order valence-electron chi connectivity index (χ4n) is 2.52. The molecule has 43 heavy (non-hydrogen) atoms. The zero-order chi connectivity index (χ0) is 32.2. The van der Waals surface area contributed by atoms with E-state index in [1.807, 2.05) is 0 Å². The number of halogens is 3. The Balaban J connectivity index is 0.000000346. The molecular formula is C26H18F3N3O8S3. The van der Waals surface area contributed by atoms with Gasteiger partial charge in [-0.05, 0) is 59.5 Å². The molecule has 4 aromatic heterocycles. The molecule has 5 heterocycles. The van der Waals surface area contributed by atoms with Gasteiger partial charge in [0.05, 0.1) is 16.9 Å². The van der Waals surface area contributed by atoms with Gasteiger partial charge in [-0.1, -0.05) is 0 Å². The van der Waals surface area contributed by atoms with Crippen molar-refractivity contribution in [1.82, 2.24) is 10.3 Å². The maximum Gasteiger partial charge on any atom is 0.373 e. The van der Waals surface area contributed by atoms with E-state index in [1.54, 1.807) is 35.9 Å². The van der Waals surface area contributed by atoms with Crippen molar-refractivity contribution in [1.29, 1.82) is 0 Å². The van der Waals surface area contributed by atoms with Crippen molar-refractivity contribution < 1.29 is 51.4 Å². The van der Waals surface area contributed by atoms with Crippen molar-refractivity contribution in [2.45, 2.75) is 0 Å². The van der Waals surface area contributed by atoms with Gasteiger partial charge in [0.15, 0.2) is 21.1 Å². The standard InChI is InChI=1S/C14H9FN2O3S.C6H6FNOS.C4H3FS.2CO2/c1-19-12-5-2-8(7-16-12)6-9-14(18)20-13(17-9)10-3-4-11(15)21-10;1-8-6(9)4-2-3-5(7)10-4;5-4-2-1-3-6-4;2*2-1-3/h2-7H,1H3;2-3H,1H3,(H,8,9);1-3H;;/b9-6-;;;;. The molecule has 0 unspecified atom stereocenters. The number of thiophene rings is 3. The molecule has 5 rings (SSSR count). The van der Waals surface area contributed by atoms with Crippen molar-refractivity contribution in [3.63, 3.8) is 0 Å². The summed E-state index contributed by atoms with van der Waals surface area (Å²) in [6, 6.07) is 12.1. The molecule has 0 aliphatic carbocycles. The zero-order valence-corrected chi connectivity index (χ0v) is 24.3. The van der Waals surface area contributed by atoms with Gasteiger partial charge in [0, 0.05) is 19.3 Å². The maximum absolute atomic E-state index is 13.0. The predicted molar refractivity (Wildman–Crippen MR) is 148 cm³/mol. The highest BCUT2D eigenvalue weighted by atomic mass is 32.1. The predicted octanol–water partition coefficient (Wildman–Crippen LogP) is 4.60. The van der Waals surface area contributed by atoms with Crippen molar-refractivity contribution in [2.75, 3.05) is 14.2 Å². The number of cyclic esters (lactones) is 1. The summed E-state index contributed by atoms with van der Waals surface area (Å²) in [5.74, 6) is -0.227. The highest BCUT2D eigenvalue weighted by Gasteiger charge is 2.25. The smallest absolute Gasteiger partial charge is 0.373 e. The van der Waals surface area contributed by atoms with E-state index in [4.69, 9.17) is 28.7 Å². The van der Waals surface area contributed by atoms with Crippen LogP contribution in [-0.2, 0) is 28.7 Å². The van der Waals surface area contributed by atoms with E-state index < -0.39 is 5.97 Å². The van der Waals surface area contributed by atoms with Crippen LogP contribution in [0.2, 0.25) is 0 Å². The summed E-state index contributed by atoms with van der Waals surface area (Å²) in [5.41, 5.74) is 0.830. The maximum atomic E-state index is 13.0. The second kappa shape index (κ2) is 19.9. The topological polar surface area (TPSA) is 158 Å². The van der Waals surface area contributed by atoms with E-state index in [9.17, 15) is 22.8 Å². The number of carbonyl (C=O) groups is 2. The minimum atomic E-state index is -0.574. The van der Waals surface area contributed by atoms with Crippen LogP contribution < -0.4 is 10.1 Å². The molecule has 11 nitrogen and oxygen atoms in total. The van der Waals surface area contributed by atoms with Crippen molar-refractivity contribution in [3.8, 4) is 5.88 Å². The van der Waals surface area contributed by atoms with Crippen LogP contribution >= 0.6 is 34.0 Å². The van der Waals surface area contributed by atoms with E-state index in [0.717, 1.165) is 34.0 Å². The number of pyridine rings is 1. The average molecular weight is 654 g/mol. The lowest BCUT2D eigenvalue weighted by molar-refractivity contribution is -0.193. The lowest BCUT2D eigenvalue weighted by atomic mass is 10.2. The Labute approximate surface area is 252 Å². The molecule has 1 aliphatic heterocycles. The zero-order valence-electron chi connectivity index (χ0n) is 21.9. The first-order valence-corrected chi connectivity index (χ1v) is 13.6. The van der Waals surface area contributed by atoms with E-state index in [2.05, 4.69) is 15.3 Å². The van der Waals surface area contributed by atoms with Gasteiger partial charge in [0.1, 0.15) is 0 Å². The van der Waals surface area contributed by atoms with Gasteiger partial charge < -0.3 is 14.8 Å². The Morgan fingerprint density at radius 3 is 2.02 bits per heavy atom. The monoisotopic (exact) mass is 653 g/mol. The van der Waals surface area contributed by atoms with Gasteiger partial charge in [-0.25, -0.2) is 14.8 Å². The molecule has 1 amide bonds. The van der Waals surface area contributed by atoms with E-state index in [0.29, 0.717) is 21.2 Å². The van der Waals surface area contributed by atoms with Crippen molar-refractivity contribution in [2.24, 2.45) is 4.99 Å². The SMILES string of the molecule is CNC(=O)c1ccc(F)s1.COc1ccc(/C=C2\N=C(c3ccc(F)s3)OC2=O)cn1.Fc1cccs1.O=C=O.O=C=O. The summed E-state index contributed by atoms with van der Waals surface area (Å²) < 4.78 is 46.9. The summed E-state index contributed by atoms with van der Waals surface area (Å²) in [4.78, 5) is 64.0. The van der Waals surface area contributed by atoms with Crippen molar-refractivity contribution >= 4 is 70.2 Å². The van der Waals surface area contributed by atoms with Crippen LogP contribution in [0.4, 0.5) is 13.2 Å². The molecule has 0 saturated heterocycles. The van der Waals surface area contributed by atoms with Crippen LogP contribution in [0.5, 0.6) is 5.88 Å². The minimum Gasteiger partial charge on any atom is -0.481 e. The summed E-state index contributed by atoms with van der Waals surface area (Å²) in [6.45, 7) is 0. The van der Waals surface area contributed by atoms with Crippen LogP contribution in [-0.4, -0.2) is 49.2 Å². The van der Waals surface area contributed by atoms with Crippen LogP contribution in [0.1, 0.15) is 20.1 Å². The molecule has 1 N–H and O–H groups in total. The van der Waals surface area contributed by atoms with Crippen LogP contribution in [0.15, 0.2) is 70.8 Å². The van der Waals surface area contributed by atoms with Gasteiger partial charge in [-0.3, -0.25) is 4.79 Å². The summed E-state index contributed by atoms with van der Waals surface area (Å²) >= 11 is 2.82. The Morgan fingerprint density at radius 2 is 1.60 bits per heavy atom. The van der Waals surface area contributed by atoms with Gasteiger partial charge in [-0.2, -0.15) is 32.3 Å². The van der Waals surface area contributed by atoms with Gasteiger partial charge in [-0.15, -0.1) is 34.0 Å². The highest BCUT2D eigenvalue weighted by Crippen LogP contribution is 2.23. The molecule has 0 atom stereocenters. The molecule has 0 saturated carbocycles. The molecule has 4 aromatic rings. The number of carbonyl (C=O) groups excluding carboxylic acids is 6. The number of nitrogens with one attached hydrogen (secondary N) is 1. The summed E-state index contributed by atoms with van der Waals surface area (Å²) in [6.07, 6.45) is 3.60. The normalized spacial score (nSPS) is 11.6. The first kappa shape index (κ1) is 36.0. The minimum absolute atomic E-state index is 0.113. The third-order valence-electron chi connectivity index (χ3n) is 4.19. The fraction of sp³-hybridized carbons (Fsp3) is 0.0769. The second-order valence-electron chi connectivity index (χ2n) is 6.84. The summed E-state index contributed by atoms with van der Waals surface area (Å²) in [5, 5.41) is 3.29. The Bertz CT molecular complexity index is 1580. The molecule has 0 radical (unpaired) electrons. The molecule has 0 fully saturated rings. The Kier molecular flexibility index (Phi) is 16.7. The molecule has 224 valence electrons. The Hall–Kier alpha value is -5.05. The quantitative estimate of drug-likeness (QED) is 0.245. The first-order chi connectivity index (χ1) is 20.6. The van der Waals surface area contributed by atoms with Crippen molar-refractivity contribution in [3.05, 3.63) is 96.5 Å². The Morgan fingerprint density at radius 1 is 0.953 bits per heavy atom. The number of nitrogens with zero attached hydrogens (tertiary/aromatic N) is 2. The molecular weight excluding hydrogens is 635 g/mol. The molecule has 1 aliphatic rings. The molecule has 0 spiro atoms. The number of hydrogen-bond donors (Lipinski definition) is 1. The number of ether oxygens (including phenoxy) is 2. The molecule has 0 aromatic carbocycles. The number of hydrogen-bond acceptors (Lipinski definition) is 13. The fourth-order valence-corrected chi connectivity index (χ4v) is 4.30. The average Bonchev–Trinajstić information content (AvgIpc) is 3.81. The molecule has 0 bridgehead atoms. The number of aliphatic imine (C=N–C) groups is 1. The van der Waals surface area contributed by atoms with Gasteiger partial charge in [0.25, 0.3) is 5.91 Å². The summed E-state index contributed by atoms with van der Waals surface area (Å²) in [7, 11) is 3.03. The van der Waals surface area contributed by atoms with Crippen LogP contribution in [0, 0.1) is 15.4 Å². The van der Waals surface area contributed by atoms with E-state index >= 15 is 0 Å². The van der Waals surface area contributed by atoms with E-state index in [1.165, 1.54) is 44.5 Å². The highest BCUT2D eigenvalue weighted by molar-refractivity contribution is 7.12.